The fraction of sp³-hybridized carbons (Fsp3) is 0.368. The average Bonchev–Trinajstić information content (AvgIpc) is 3.13. The van der Waals surface area contributed by atoms with E-state index in [0.717, 1.165) is 5.56 Å². The minimum Gasteiger partial charge on any atom is -0.479 e. The summed E-state index contributed by atoms with van der Waals surface area (Å²) in [4.78, 5) is 10.0. The molecule has 0 atom stereocenters. The van der Waals surface area contributed by atoms with E-state index < -0.39 is 33.9 Å². The Morgan fingerprint density at radius 2 is 2.13 bits per heavy atom. The molecular weight excluding hydrogens is 439 g/mol. The quantitative estimate of drug-likeness (QED) is 0.502. The summed E-state index contributed by atoms with van der Waals surface area (Å²) in [6.07, 6.45) is 2.72. The van der Waals surface area contributed by atoms with Crippen molar-refractivity contribution in [3.05, 3.63) is 36.8 Å². The average molecular weight is 460 g/mol. The van der Waals surface area contributed by atoms with Gasteiger partial charge in [-0.15, -0.1) is 6.42 Å². The van der Waals surface area contributed by atoms with Gasteiger partial charge >= 0.3 is 6.18 Å². The molecule has 2 aromatic heterocycles. The summed E-state index contributed by atoms with van der Waals surface area (Å²) in [6.45, 7) is 3.94. The van der Waals surface area contributed by atoms with Gasteiger partial charge in [-0.1, -0.05) is 23.8 Å². The molecule has 2 rings (SSSR count). The summed E-state index contributed by atoms with van der Waals surface area (Å²) >= 11 is 1.26. The molecule has 0 N–H and O–H groups in total. The zero-order valence-electron chi connectivity index (χ0n) is 16.1. The second kappa shape index (κ2) is 9.95. The van der Waals surface area contributed by atoms with E-state index >= 15 is 0 Å². The minimum atomic E-state index is -4.53. The second-order valence-electron chi connectivity index (χ2n) is 6.20. The van der Waals surface area contributed by atoms with Gasteiger partial charge in [0.2, 0.25) is 5.88 Å². The molecule has 0 fully saturated rings. The maximum Gasteiger partial charge on any atom is 0.390 e. The van der Waals surface area contributed by atoms with Crippen molar-refractivity contribution in [2.75, 3.05) is 30.1 Å². The predicted molar refractivity (Wildman–Crippen MR) is 111 cm³/mol. The first-order valence-corrected chi connectivity index (χ1v) is 11.3. The molecule has 2 aromatic rings. The van der Waals surface area contributed by atoms with Gasteiger partial charge < -0.3 is 9.64 Å². The number of terminal acetylenes is 1. The Morgan fingerprint density at radius 1 is 1.40 bits per heavy atom. The van der Waals surface area contributed by atoms with E-state index in [1.165, 1.54) is 18.4 Å². The molecule has 11 heteroatoms. The van der Waals surface area contributed by atoms with Crippen LogP contribution in [-0.2, 0) is 9.84 Å². The van der Waals surface area contributed by atoms with E-state index in [1.807, 2.05) is 6.07 Å². The van der Waals surface area contributed by atoms with Gasteiger partial charge in [-0.3, -0.25) is 4.98 Å². The molecule has 0 saturated carbocycles. The number of nitrogens with zero attached hydrogens (tertiary/aromatic N) is 3. The molecule has 6 nitrogen and oxygen atoms in total. The topological polar surface area (TPSA) is 72.4 Å². The molecule has 0 spiro atoms. The number of thiazole rings is 1. The standard InChI is InChI=1S/C19H20F3N3O3S2/c1-4-10-25(14(2)7-11-30(26,27)12-8-19(20,21)22)18-16(28-3)24-17(29-18)15-6-5-9-23-13-15/h1,5-6,9,13H,2,7-8,10-12H2,3H3. The molecule has 30 heavy (non-hydrogen) atoms. The SMILES string of the molecule is C#CCN(C(=C)CCS(=O)(=O)CCC(F)(F)F)c1sc(-c2cccnc2)nc1OC. The Bertz CT molecular complexity index is 1010. The summed E-state index contributed by atoms with van der Waals surface area (Å²) in [5, 5.41) is 1.13. The second-order valence-corrected chi connectivity index (χ2v) is 9.48. The maximum atomic E-state index is 12.3. The molecule has 0 aromatic carbocycles. The van der Waals surface area contributed by atoms with E-state index in [2.05, 4.69) is 22.5 Å². The first kappa shape index (κ1) is 23.7. The highest BCUT2D eigenvalue weighted by molar-refractivity contribution is 7.91. The molecular formula is C19H20F3N3O3S2. The normalized spacial score (nSPS) is 11.7. The molecule has 0 unspecified atom stereocenters. The van der Waals surface area contributed by atoms with Crippen LogP contribution in [0, 0.1) is 12.3 Å². The van der Waals surface area contributed by atoms with Crippen LogP contribution in [0.5, 0.6) is 5.88 Å². The number of rotatable bonds is 10. The van der Waals surface area contributed by atoms with Crippen molar-refractivity contribution in [3.8, 4) is 28.8 Å². The third kappa shape index (κ3) is 6.74. The Labute approximate surface area is 177 Å². The summed E-state index contributed by atoms with van der Waals surface area (Å²) in [7, 11) is -2.47. The van der Waals surface area contributed by atoms with E-state index in [4.69, 9.17) is 11.2 Å². The highest BCUT2D eigenvalue weighted by Crippen LogP contribution is 2.40. The first-order chi connectivity index (χ1) is 14.1. The predicted octanol–water partition coefficient (Wildman–Crippen LogP) is 3.92. The van der Waals surface area contributed by atoms with Crippen LogP contribution in [0.15, 0.2) is 36.8 Å². The molecule has 2 heterocycles. The lowest BCUT2D eigenvalue weighted by Crippen LogP contribution is -2.25. The Hall–Kier alpha value is -2.58. The summed E-state index contributed by atoms with van der Waals surface area (Å²) in [5.74, 6) is 1.30. The van der Waals surface area contributed by atoms with Crippen molar-refractivity contribution in [1.29, 1.82) is 0 Å². The minimum absolute atomic E-state index is 0.0620. The van der Waals surface area contributed by atoms with Crippen LogP contribution in [0.25, 0.3) is 10.6 Å². The Balaban J connectivity index is 2.20. The van der Waals surface area contributed by atoms with Crippen molar-refractivity contribution >= 4 is 26.2 Å². The maximum absolute atomic E-state index is 12.3. The van der Waals surface area contributed by atoms with Crippen LogP contribution in [0.4, 0.5) is 18.2 Å². The van der Waals surface area contributed by atoms with Gasteiger partial charge in [-0.05, 0) is 12.1 Å². The lowest BCUT2D eigenvalue weighted by Gasteiger charge is -2.23. The third-order valence-electron chi connectivity index (χ3n) is 3.96. The third-order valence-corrected chi connectivity index (χ3v) is 6.72. The highest BCUT2D eigenvalue weighted by atomic mass is 32.2. The number of ether oxygens (including phenoxy) is 1. The van der Waals surface area contributed by atoms with Crippen molar-refractivity contribution in [3.63, 3.8) is 0 Å². The number of hydrogen-bond acceptors (Lipinski definition) is 7. The number of allylic oxidation sites excluding steroid dienone is 1. The van der Waals surface area contributed by atoms with Crippen molar-refractivity contribution < 1.29 is 26.3 Å². The van der Waals surface area contributed by atoms with Crippen LogP contribution < -0.4 is 9.64 Å². The number of pyridine rings is 1. The molecule has 0 bridgehead atoms. The van der Waals surface area contributed by atoms with Crippen molar-refractivity contribution in [2.24, 2.45) is 0 Å². The van der Waals surface area contributed by atoms with Gasteiger partial charge in [0, 0.05) is 30.1 Å². The molecule has 0 aliphatic rings. The van der Waals surface area contributed by atoms with Gasteiger partial charge in [0.15, 0.2) is 14.8 Å². The zero-order valence-corrected chi connectivity index (χ0v) is 17.8. The van der Waals surface area contributed by atoms with Crippen molar-refractivity contribution in [2.45, 2.75) is 19.0 Å². The van der Waals surface area contributed by atoms with Gasteiger partial charge in [0.1, 0.15) is 5.01 Å². The smallest absolute Gasteiger partial charge is 0.390 e. The lowest BCUT2D eigenvalue weighted by atomic mass is 10.3. The van der Waals surface area contributed by atoms with E-state index in [1.54, 1.807) is 23.4 Å². The van der Waals surface area contributed by atoms with Gasteiger partial charge in [0.05, 0.1) is 31.6 Å². The largest absolute Gasteiger partial charge is 0.479 e. The van der Waals surface area contributed by atoms with Crippen LogP contribution in [-0.4, -0.2) is 49.7 Å². The molecule has 0 aliphatic carbocycles. The monoisotopic (exact) mass is 459 g/mol. The van der Waals surface area contributed by atoms with Crippen LogP contribution >= 0.6 is 11.3 Å². The van der Waals surface area contributed by atoms with E-state index in [-0.39, 0.29) is 18.8 Å². The Morgan fingerprint density at radius 3 is 2.70 bits per heavy atom. The molecule has 0 amide bonds. The number of sulfone groups is 1. The number of aromatic nitrogens is 2. The molecule has 162 valence electrons. The van der Waals surface area contributed by atoms with Gasteiger partial charge in [-0.25, -0.2) is 8.42 Å². The van der Waals surface area contributed by atoms with E-state index in [0.29, 0.717) is 15.7 Å². The number of methoxy groups -OCH3 is 1. The van der Waals surface area contributed by atoms with Crippen LogP contribution in [0.2, 0.25) is 0 Å². The van der Waals surface area contributed by atoms with Crippen LogP contribution in [0.1, 0.15) is 12.8 Å². The van der Waals surface area contributed by atoms with Crippen LogP contribution in [0.3, 0.4) is 0 Å². The number of halogens is 3. The Kier molecular flexibility index (Phi) is 7.86. The van der Waals surface area contributed by atoms with Gasteiger partial charge in [0.25, 0.3) is 0 Å². The molecule has 0 saturated heterocycles. The fourth-order valence-electron chi connectivity index (χ4n) is 2.41. The van der Waals surface area contributed by atoms with E-state index in [9.17, 15) is 21.6 Å². The molecule has 0 radical (unpaired) electrons. The number of hydrogen-bond donors (Lipinski definition) is 0. The summed E-state index contributed by atoms with van der Waals surface area (Å²) in [6, 6.07) is 3.58. The highest BCUT2D eigenvalue weighted by Gasteiger charge is 2.30. The number of alkyl halides is 3. The zero-order chi connectivity index (χ0) is 22.4. The summed E-state index contributed by atoms with van der Waals surface area (Å²) in [5.41, 5.74) is 1.09. The van der Waals surface area contributed by atoms with Gasteiger partial charge in [-0.2, -0.15) is 18.2 Å². The first-order valence-electron chi connectivity index (χ1n) is 8.67. The van der Waals surface area contributed by atoms with Crippen molar-refractivity contribution in [1.82, 2.24) is 9.97 Å². The fourth-order valence-corrected chi connectivity index (χ4v) is 4.78. The lowest BCUT2D eigenvalue weighted by molar-refractivity contribution is -0.129. The summed E-state index contributed by atoms with van der Waals surface area (Å²) < 4.78 is 66.2. The number of anilines is 1. The molecule has 0 aliphatic heterocycles.